The number of carbonyl (C=O) groups is 1. The Morgan fingerprint density at radius 3 is 2.27 bits per heavy atom. The van der Waals surface area contributed by atoms with Gasteiger partial charge in [0.05, 0.1) is 0 Å². The monoisotopic (exact) mass is 229 g/mol. The summed E-state index contributed by atoms with van der Waals surface area (Å²) >= 11 is 0. The molecule has 15 heavy (non-hydrogen) atoms. The maximum Gasteiger partial charge on any atom is 0.333 e. The molecule has 7 heteroatoms. The second kappa shape index (κ2) is 4.28. The summed E-state index contributed by atoms with van der Waals surface area (Å²) < 4.78 is 22.6. The first-order valence-electron chi connectivity index (χ1n) is 4.05. The van der Waals surface area contributed by atoms with Crippen molar-refractivity contribution >= 4 is 21.9 Å². The summed E-state index contributed by atoms with van der Waals surface area (Å²) in [7, 11) is -4.01. The minimum absolute atomic E-state index is 0.488. The zero-order valence-corrected chi connectivity index (χ0v) is 8.84. The van der Waals surface area contributed by atoms with Crippen LogP contribution in [0.1, 0.15) is 5.56 Å². The molecule has 82 valence electrons. The molecule has 1 aromatic carbocycles. The molecule has 0 aliphatic heterocycles. The largest absolute Gasteiger partial charge is 0.333 e. The van der Waals surface area contributed by atoms with Gasteiger partial charge in [0.2, 0.25) is 0 Å². The molecule has 0 fully saturated rings. The maximum atomic E-state index is 11.0. The fourth-order valence-electron chi connectivity index (χ4n) is 0.923. The van der Waals surface area contributed by atoms with Gasteiger partial charge < -0.3 is 5.32 Å². The Labute approximate surface area is 87.7 Å². The van der Waals surface area contributed by atoms with E-state index in [1.807, 2.05) is 6.92 Å². The lowest BCUT2D eigenvalue weighted by Crippen LogP contribution is -2.38. The van der Waals surface area contributed by atoms with Gasteiger partial charge in [0.25, 0.3) is 10.2 Å². The van der Waals surface area contributed by atoms with E-state index in [1.165, 1.54) is 0 Å². The zero-order chi connectivity index (χ0) is 11.5. The van der Waals surface area contributed by atoms with Crippen LogP contribution >= 0.6 is 0 Å². The molecule has 0 bridgehead atoms. The molecule has 0 unspecified atom stereocenters. The van der Waals surface area contributed by atoms with Crippen LogP contribution < -0.4 is 15.2 Å². The number of nitrogens with two attached hydrogens (primary N) is 1. The van der Waals surface area contributed by atoms with Crippen molar-refractivity contribution in [3.63, 3.8) is 0 Å². The van der Waals surface area contributed by atoms with Crippen molar-refractivity contribution in [1.29, 1.82) is 0 Å². The van der Waals surface area contributed by atoms with Crippen molar-refractivity contribution in [3.8, 4) is 0 Å². The van der Waals surface area contributed by atoms with Crippen molar-refractivity contribution in [2.75, 3.05) is 5.32 Å². The molecular weight excluding hydrogens is 218 g/mol. The van der Waals surface area contributed by atoms with E-state index in [2.05, 4.69) is 10.5 Å². The minimum atomic E-state index is -4.01. The molecule has 0 atom stereocenters. The summed E-state index contributed by atoms with van der Waals surface area (Å²) in [5.74, 6) is 0. The number of rotatable bonds is 2. The first-order valence-corrected chi connectivity index (χ1v) is 5.59. The molecule has 0 saturated carbocycles. The van der Waals surface area contributed by atoms with E-state index < -0.39 is 16.2 Å². The second-order valence-corrected chi connectivity index (χ2v) is 4.26. The molecule has 1 rings (SSSR count). The average molecular weight is 229 g/mol. The van der Waals surface area contributed by atoms with Gasteiger partial charge in [-0.25, -0.2) is 14.7 Å². The molecule has 2 amide bonds. The van der Waals surface area contributed by atoms with Crippen LogP contribution in [0, 0.1) is 6.92 Å². The number of aryl methyl sites for hydroxylation is 1. The Morgan fingerprint density at radius 2 is 1.80 bits per heavy atom. The number of carbonyl (C=O) groups excluding carboxylic acids is 1. The molecule has 0 saturated heterocycles. The normalized spacial score (nSPS) is 10.8. The van der Waals surface area contributed by atoms with E-state index in [0.29, 0.717) is 5.69 Å². The third-order valence-corrected chi connectivity index (χ3v) is 2.01. The fourth-order valence-corrected chi connectivity index (χ4v) is 1.23. The smallest absolute Gasteiger partial charge is 0.307 e. The quantitative estimate of drug-likeness (QED) is 0.680. The minimum Gasteiger partial charge on any atom is -0.307 e. The number of benzene rings is 1. The molecule has 0 aliphatic carbocycles. The molecule has 0 heterocycles. The van der Waals surface area contributed by atoms with Gasteiger partial charge in [-0.1, -0.05) is 17.7 Å². The summed E-state index contributed by atoms with van der Waals surface area (Å²) in [5.41, 5.74) is 1.52. The summed E-state index contributed by atoms with van der Waals surface area (Å²) in [4.78, 5) is 11.0. The van der Waals surface area contributed by atoms with Gasteiger partial charge in [-0.05, 0) is 19.1 Å². The van der Waals surface area contributed by atoms with Crippen molar-refractivity contribution in [3.05, 3.63) is 29.8 Å². The van der Waals surface area contributed by atoms with E-state index in [1.54, 1.807) is 29.0 Å². The van der Waals surface area contributed by atoms with Crippen molar-refractivity contribution in [2.45, 2.75) is 6.92 Å². The van der Waals surface area contributed by atoms with Crippen LogP contribution in [0.4, 0.5) is 10.5 Å². The number of urea groups is 1. The number of amides is 2. The third kappa shape index (κ3) is 4.43. The summed E-state index contributed by atoms with van der Waals surface area (Å²) in [5, 5.41) is 6.93. The summed E-state index contributed by atoms with van der Waals surface area (Å²) in [6, 6.07) is 5.98. The van der Waals surface area contributed by atoms with Gasteiger partial charge in [0.1, 0.15) is 0 Å². The van der Waals surface area contributed by atoms with Crippen LogP contribution in [0.15, 0.2) is 24.3 Å². The molecule has 4 N–H and O–H groups in total. The Kier molecular flexibility index (Phi) is 3.28. The van der Waals surface area contributed by atoms with Gasteiger partial charge in [-0.15, -0.1) is 0 Å². The SMILES string of the molecule is Cc1ccc(NC(=O)NS(N)(=O)=O)cc1. The predicted octanol–water partition coefficient (Wildman–Crippen LogP) is 0.320. The third-order valence-electron chi connectivity index (χ3n) is 1.54. The van der Waals surface area contributed by atoms with Gasteiger partial charge in [-0.3, -0.25) is 0 Å². The Morgan fingerprint density at radius 1 is 1.27 bits per heavy atom. The standard InChI is InChI=1S/C8H11N3O3S/c1-6-2-4-7(5-3-6)10-8(12)11-15(9,13)14/h2-5H,1H3,(H2,9,13,14)(H2,10,11,12). The van der Waals surface area contributed by atoms with E-state index >= 15 is 0 Å². The van der Waals surface area contributed by atoms with Gasteiger partial charge in [0, 0.05) is 5.69 Å². The molecule has 0 aromatic heterocycles. The van der Waals surface area contributed by atoms with E-state index in [9.17, 15) is 13.2 Å². The highest BCUT2D eigenvalue weighted by Gasteiger charge is 2.07. The topological polar surface area (TPSA) is 101 Å². The van der Waals surface area contributed by atoms with Crippen LogP contribution in [0.25, 0.3) is 0 Å². The molecule has 0 radical (unpaired) electrons. The number of anilines is 1. The van der Waals surface area contributed by atoms with Crippen molar-refractivity contribution in [2.24, 2.45) is 5.14 Å². The maximum absolute atomic E-state index is 11.0. The van der Waals surface area contributed by atoms with Crippen molar-refractivity contribution in [1.82, 2.24) is 4.72 Å². The average Bonchev–Trinajstić information content (AvgIpc) is 2.05. The molecule has 0 spiro atoms. The van der Waals surface area contributed by atoms with E-state index in [4.69, 9.17) is 0 Å². The van der Waals surface area contributed by atoms with Crippen LogP contribution in [0.3, 0.4) is 0 Å². The highest BCUT2D eigenvalue weighted by molar-refractivity contribution is 7.87. The second-order valence-electron chi connectivity index (χ2n) is 2.97. The highest BCUT2D eigenvalue weighted by atomic mass is 32.2. The molecule has 1 aromatic rings. The summed E-state index contributed by atoms with van der Waals surface area (Å²) in [6.07, 6.45) is 0. The Hall–Kier alpha value is -1.60. The molecular formula is C8H11N3O3S. The molecule has 6 nitrogen and oxygen atoms in total. The zero-order valence-electron chi connectivity index (χ0n) is 8.02. The van der Waals surface area contributed by atoms with Crippen LogP contribution in [-0.2, 0) is 10.2 Å². The van der Waals surface area contributed by atoms with Crippen molar-refractivity contribution < 1.29 is 13.2 Å². The van der Waals surface area contributed by atoms with Gasteiger partial charge in [0.15, 0.2) is 0 Å². The molecule has 0 aliphatic rings. The lowest BCUT2D eigenvalue weighted by Gasteiger charge is -2.05. The number of nitrogens with one attached hydrogen (secondary N) is 2. The summed E-state index contributed by atoms with van der Waals surface area (Å²) in [6.45, 7) is 1.90. The first kappa shape index (κ1) is 11.5. The highest BCUT2D eigenvalue weighted by Crippen LogP contribution is 2.07. The van der Waals surface area contributed by atoms with Crippen LogP contribution in [-0.4, -0.2) is 14.4 Å². The predicted molar refractivity (Wildman–Crippen MR) is 56.4 cm³/mol. The fraction of sp³-hybridized carbons (Fsp3) is 0.125. The number of hydrogen-bond donors (Lipinski definition) is 3. The van der Waals surface area contributed by atoms with Crippen LogP contribution in [0.5, 0.6) is 0 Å². The van der Waals surface area contributed by atoms with E-state index in [-0.39, 0.29) is 0 Å². The Bertz CT molecular complexity index is 453. The van der Waals surface area contributed by atoms with Gasteiger partial charge >= 0.3 is 6.03 Å². The van der Waals surface area contributed by atoms with Crippen LogP contribution in [0.2, 0.25) is 0 Å². The van der Waals surface area contributed by atoms with Gasteiger partial charge in [-0.2, -0.15) is 8.42 Å². The number of hydrogen-bond acceptors (Lipinski definition) is 3. The lowest BCUT2D eigenvalue weighted by atomic mass is 10.2. The first-order chi connectivity index (χ1) is 6.87. The lowest BCUT2D eigenvalue weighted by molar-refractivity contribution is 0.256. The Balaban J connectivity index is 2.63. The van der Waals surface area contributed by atoms with E-state index in [0.717, 1.165) is 5.56 Å².